The molecule has 6 nitrogen and oxygen atoms in total. The van der Waals surface area contributed by atoms with Crippen molar-refractivity contribution in [2.45, 2.75) is 31.3 Å². The van der Waals surface area contributed by atoms with Crippen LogP contribution in [-0.4, -0.2) is 55.8 Å². The molecular weight excluding hydrogens is 410 g/mol. The Hall–Kier alpha value is -1.93. The average Bonchev–Trinajstić information content (AvgIpc) is 2.73. The lowest BCUT2D eigenvalue weighted by atomic mass is 10.1. The van der Waals surface area contributed by atoms with E-state index in [0.29, 0.717) is 32.7 Å². The fraction of sp³-hybridized carbons (Fsp3) is 0.381. The van der Waals surface area contributed by atoms with Crippen LogP contribution in [0, 0.1) is 6.92 Å². The Labute approximate surface area is 177 Å². The van der Waals surface area contributed by atoms with Gasteiger partial charge in [0, 0.05) is 32.7 Å². The van der Waals surface area contributed by atoms with Crippen LogP contribution in [0.4, 0.5) is 0 Å². The molecule has 3 rings (SSSR count). The van der Waals surface area contributed by atoms with Crippen LogP contribution in [0.25, 0.3) is 0 Å². The first-order chi connectivity index (χ1) is 13.8. The van der Waals surface area contributed by atoms with Crippen molar-refractivity contribution in [1.82, 2.24) is 14.5 Å². The van der Waals surface area contributed by atoms with Crippen molar-refractivity contribution in [2.24, 2.45) is 0 Å². The lowest BCUT2D eigenvalue weighted by Gasteiger charge is -2.36. The van der Waals surface area contributed by atoms with Gasteiger partial charge in [0.1, 0.15) is 4.90 Å². The molecule has 1 atom stereocenters. The first-order valence-corrected chi connectivity index (χ1v) is 11.4. The van der Waals surface area contributed by atoms with Crippen molar-refractivity contribution in [3.05, 3.63) is 64.7 Å². The smallest absolute Gasteiger partial charge is 0.244 e. The average molecular weight is 436 g/mol. The minimum atomic E-state index is -3.64. The standard InChI is InChI=1S/C21H26ClN3O3S/c1-16-7-9-18(10-8-16)15-23-21(26)17(2)24-11-13-25(14-12-24)29(27,28)20-6-4-3-5-19(20)22/h3-10,17H,11-15H2,1-2H3,(H,23,26). The number of benzene rings is 2. The third-order valence-electron chi connectivity index (χ3n) is 5.24. The van der Waals surface area contributed by atoms with Gasteiger partial charge in [-0.1, -0.05) is 53.6 Å². The molecular formula is C21H26ClN3O3S. The summed E-state index contributed by atoms with van der Waals surface area (Å²) >= 11 is 6.07. The minimum Gasteiger partial charge on any atom is -0.351 e. The Kier molecular flexibility index (Phi) is 6.95. The maximum absolute atomic E-state index is 12.8. The molecule has 2 aromatic carbocycles. The van der Waals surface area contributed by atoms with Gasteiger partial charge < -0.3 is 5.32 Å². The number of nitrogens with zero attached hydrogens (tertiary/aromatic N) is 2. The molecule has 8 heteroatoms. The first kappa shape index (κ1) is 21.8. The highest BCUT2D eigenvalue weighted by atomic mass is 35.5. The van der Waals surface area contributed by atoms with Crippen molar-refractivity contribution >= 4 is 27.5 Å². The third kappa shape index (κ3) is 5.17. The van der Waals surface area contributed by atoms with E-state index < -0.39 is 10.0 Å². The fourth-order valence-corrected chi connectivity index (χ4v) is 5.25. The molecule has 29 heavy (non-hydrogen) atoms. The van der Waals surface area contributed by atoms with Gasteiger partial charge in [0.15, 0.2) is 0 Å². The summed E-state index contributed by atoms with van der Waals surface area (Å²) in [7, 11) is -3.64. The zero-order valence-electron chi connectivity index (χ0n) is 16.6. The predicted molar refractivity (Wildman–Crippen MR) is 114 cm³/mol. The van der Waals surface area contributed by atoms with Crippen LogP contribution in [0.1, 0.15) is 18.1 Å². The van der Waals surface area contributed by atoms with Crippen LogP contribution in [0.2, 0.25) is 5.02 Å². The molecule has 1 saturated heterocycles. The maximum Gasteiger partial charge on any atom is 0.244 e. The summed E-state index contributed by atoms with van der Waals surface area (Å²) in [6.45, 7) is 5.97. The summed E-state index contributed by atoms with van der Waals surface area (Å²) in [5, 5.41) is 3.18. The van der Waals surface area contributed by atoms with Gasteiger partial charge in [-0.2, -0.15) is 4.31 Å². The molecule has 0 aliphatic carbocycles. The van der Waals surface area contributed by atoms with Crippen LogP contribution in [0.5, 0.6) is 0 Å². The molecule has 1 fully saturated rings. The summed E-state index contributed by atoms with van der Waals surface area (Å²) in [5.41, 5.74) is 2.23. The van der Waals surface area contributed by atoms with Crippen LogP contribution in [0.15, 0.2) is 53.4 Å². The van der Waals surface area contributed by atoms with E-state index in [9.17, 15) is 13.2 Å². The zero-order chi connectivity index (χ0) is 21.0. The topological polar surface area (TPSA) is 69.7 Å². The van der Waals surface area contributed by atoms with E-state index in [0.717, 1.165) is 5.56 Å². The van der Waals surface area contributed by atoms with Gasteiger partial charge in [-0.25, -0.2) is 8.42 Å². The van der Waals surface area contributed by atoms with Crippen molar-refractivity contribution in [3.8, 4) is 0 Å². The largest absolute Gasteiger partial charge is 0.351 e. The van der Waals surface area contributed by atoms with E-state index in [1.807, 2.05) is 43.0 Å². The monoisotopic (exact) mass is 435 g/mol. The summed E-state index contributed by atoms with van der Waals surface area (Å²) < 4.78 is 27.1. The van der Waals surface area contributed by atoms with Crippen LogP contribution < -0.4 is 5.32 Å². The van der Waals surface area contributed by atoms with Gasteiger partial charge in [0.05, 0.1) is 11.1 Å². The lowest BCUT2D eigenvalue weighted by Crippen LogP contribution is -2.54. The first-order valence-electron chi connectivity index (χ1n) is 9.61. The number of nitrogens with one attached hydrogen (secondary N) is 1. The highest BCUT2D eigenvalue weighted by Gasteiger charge is 2.32. The van der Waals surface area contributed by atoms with Crippen LogP contribution in [-0.2, 0) is 21.4 Å². The van der Waals surface area contributed by atoms with E-state index in [4.69, 9.17) is 11.6 Å². The van der Waals surface area contributed by atoms with Gasteiger partial charge in [-0.15, -0.1) is 0 Å². The molecule has 0 bridgehead atoms. The number of piperazine rings is 1. The second-order valence-corrected chi connectivity index (χ2v) is 9.56. The van der Waals surface area contributed by atoms with E-state index in [1.54, 1.807) is 18.2 Å². The Morgan fingerprint density at radius 1 is 1.07 bits per heavy atom. The molecule has 156 valence electrons. The van der Waals surface area contributed by atoms with E-state index in [1.165, 1.54) is 15.9 Å². The number of hydrogen-bond donors (Lipinski definition) is 1. The number of rotatable bonds is 6. The van der Waals surface area contributed by atoms with Crippen LogP contribution in [0.3, 0.4) is 0 Å². The van der Waals surface area contributed by atoms with Gasteiger partial charge in [-0.3, -0.25) is 9.69 Å². The molecule has 1 aliphatic heterocycles. The number of carbonyl (C=O) groups is 1. The van der Waals surface area contributed by atoms with Crippen molar-refractivity contribution in [2.75, 3.05) is 26.2 Å². The Morgan fingerprint density at radius 2 is 1.69 bits per heavy atom. The molecule has 1 unspecified atom stereocenters. The molecule has 0 aromatic heterocycles. The molecule has 2 aromatic rings. The van der Waals surface area contributed by atoms with E-state index >= 15 is 0 Å². The molecule has 1 amide bonds. The summed E-state index contributed by atoms with van der Waals surface area (Å²) in [6, 6.07) is 14.2. The van der Waals surface area contributed by atoms with E-state index in [2.05, 4.69) is 5.32 Å². The molecule has 1 N–H and O–H groups in total. The summed E-state index contributed by atoms with van der Waals surface area (Å²) in [5.74, 6) is -0.0621. The van der Waals surface area contributed by atoms with Gasteiger partial charge in [0.2, 0.25) is 15.9 Å². The molecule has 0 radical (unpaired) electrons. The predicted octanol–water partition coefficient (Wildman–Crippen LogP) is 2.66. The van der Waals surface area contributed by atoms with Gasteiger partial charge >= 0.3 is 0 Å². The summed E-state index contributed by atoms with van der Waals surface area (Å²) in [6.07, 6.45) is 0. The second kappa shape index (κ2) is 9.26. The van der Waals surface area contributed by atoms with Gasteiger partial charge in [0.25, 0.3) is 0 Å². The normalized spacial score (nSPS) is 17.1. The summed E-state index contributed by atoms with van der Waals surface area (Å²) in [4.78, 5) is 14.7. The van der Waals surface area contributed by atoms with Crippen molar-refractivity contribution in [1.29, 1.82) is 0 Å². The van der Waals surface area contributed by atoms with Crippen molar-refractivity contribution in [3.63, 3.8) is 0 Å². The number of carbonyl (C=O) groups excluding carboxylic acids is 1. The molecule has 1 aliphatic rings. The molecule has 1 heterocycles. The fourth-order valence-electron chi connectivity index (χ4n) is 3.33. The highest BCUT2D eigenvalue weighted by molar-refractivity contribution is 7.89. The van der Waals surface area contributed by atoms with Crippen LogP contribution >= 0.6 is 11.6 Å². The highest BCUT2D eigenvalue weighted by Crippen LogP contribution is 2.25. The minimum absolute atomic E-state index is 0.0621. The Morgan fingerprint density at radius 3 is 2.31 bits per heavy atom. The van der Waals surface area contributed by atoms with Gasteiger partial charge in [-0.05, 0) is 31.5 Å². The Bertz CT molecular complexity index is 955. The SMILES string of the molecule is Cc1ccc(CNC(=O)C(C)N2CCN(S(=O)(=O)c3ccccc3Cl)CC2)cc1. The number of amides is 1. The number of aryl methyl sites for hydroxylation is 1. The zero-order valence-corrected chi connectivity index (χ0v) is 18.2. The second-order valence-electron chi connectivity index (χ2n) is 7.25. The number of hydrogen-bond acceptors (Lipinski definition) is 4. The quantitative estimate of drug-likeness (QED) is 0.757. The molecule has 0 spiro atoms. The maximum atomic E-state index is 12.8. The molecule has 0 saturated carbocycles. The number of halogens is 1. The lowest BCUT2D eigenvalue weighted by molar-refractivity contribution is -0.126. The Balaban J connectivity index is 1.55. The number of sulfonamides is 1. The van der Waals surface area contributed by atoms with Crippen molar-refractivity contribution < 1.29 is 13.2 Å². The van der Waals surface area contributed by atoms with E-state index in [-0.39, 0.29) is 21.9 Å². The third-order valence-corrected chi connectivity index (χ3v) is 7.64.